The molecule has 3 heteroatoms. The van der Waals surface area contributed by atoms with Crippen molar-refractivity contribution in [3.63, 3.8) is 0 Å². The van der Waals surface area contributed by atoms with E-state index in [1.54, 1.807) is 12.1 Å². The Labute approximate surface area is 100 Å². The summed E-state index contributed by atoms with van der Waals surface area (Å²) in [6.07, 6.45) is 0. The molecule has 2 rings (SSSR count). The fourth-order valence-electron chi connectivity index (χ4n) is 1.74. The fraction of sp³-hybridized carbons (Fsp3) is 0.0714. The Morgan fingerprint density at radius 1 is 1.00 bits per heavy atom. The van der Waals surface area contributed by atoms with Crippen molar-refractivity contribution in [1.29, 1.82) is 5.26 Å². The molecule has 1 atom stereocenters. The highest BCUT2D eigenvalue weighted by atomic mass is 14.7. The molecule has 0 radical (unpaired) electrons. The van der Waals surface area contributed by atoms with E-state index in [9.17, 15) is 0 Å². The SMILES string of the molecule is N#Cc1ccc(C(N)c2ccccc2N)cc1. The lowest BCUT2D eigenvalue weighted by molar-refractivity contribution is 0.874. The number of para-hydroxylation sites is 1. The molecule has 0 heterocycles. The van der Waals surface area contributed by atoms with Crippen LogP contribution in [0.4, 0.5) is 5.69 Å². The Kier molecular flexibility index (Phi) is 3.08. The van der Waals surface area contributed by atoms with Crippen LogP contribution in [0.25, 0.3) is 0 Å². The number of nitrogens with zero attached hydrogens (tertiary/aromatic N) is 1. The van der Waals surface area contributed by atoms with E-state index in [0.29, 0.717) is 11.3 Å². The van der Waals surface area contributed by atoms with Crippen LogP contribution in [-0.2, 0) is 0 Å². The first-order chi connectivity index (χ1) is 8.22. The quantitative estimate of drug-likeness (QED) is 0.766. The minimum Gasteiger partial charge on any atom is -0.398 e. The molecule has 1 unspecified atom stereocenters. The predicted octanol–water partition coefficient (Wildman–Crippen LogP) is 2.19. The first-order valence-corrected chi connectivity index (χ1v) is 5.32. The standard InChI is InChI=1S/C14H13N3/c15-9-10-5-7-11(8-6-10)14(17)12-3-1-2-4-13(12)16/h1-8,14H,16-17H2. The van der Waals surface area contributed by atoms with Gasteiger partial charge in [0.25, 0.3) is 0 Å². The molecular weight excluding hydrogens is 210 g/mol. The zero-order valence-electron chi connectivity index (χ0n) is 9.30. The van der Waals surface area contributed by atoms with E-state index in [2.05, 4.69) is 6.07 Å². The zero-order chi connectivity index (χ0) is 12.3. The molecule has 2 aromatic carbocycles. The lowest BCUT2D eigenvalue weighted by Gasteiger charge is -2.14. The van der Waals surface area contributed by atoms with Gasteiger partial charge in [-0.2, -0.15) is 5.26 Å². The van der Waals surface area contributed by atoms with Gasteiger partial charge >= 0.3 is 0 Å². The van der Waals surface area contributed by atoms with Crippen molar-refractivity contribution in [3.05, 3.63) is 65.2 Å². The zero-order valence-corrected chi connectivity index (χ0v) is 9.30. The molecule has 84 valence electrons. The van der Waals surface area contributed by atoms with Crippen LogP contribution in [0.3, 0.4) is 0 Å². The minimum absolute atomic E-state index is 0.260. The van der Waals surface area contributed by atoms with Crippen molar-refractivity contribution < 1.29 is 0 Å². The third-order valence-corrected chi connectivity index (χ3v) is 2.73. The Morgan fingerprint density at radius 2 is 1.65 bits per heavy atom. The number of hydrogen-bond acceptors (Lipinski definition) is 3. The average Bonchev–Trinajstić information content (AvgIpc) is 2.39. The van der Waals surface area contributed by atoms with Crippen LogP contribution in [0.1, 0.15) is 22.7 Å². The van der Waals surface area contributed by atoms with Gasteiger partial charge in [0.05, 0.1) is 17.7 Å². The molecule has 3 nitrogen and oxygen atoms in total. The van der Waals surface area contributed by atoms with Crippen LogP contribution in [-0.4, -0.2) is 0 Å². The molecule has 0 fully saturated rings. The molecule has 0 aromatic heterocycles. The molecular formula is C14H13N3. The predicted molar refractivity (Wildman–Crippen MR) is 68.0 cm³/mol. The van der Waals surface area contributed by atoms with Crippen molar-refractivity contribution in [2.75, 3.05) is 5.73 Å². The summed E-state index contributed by atoms with van der Waals surface area (Å²) in [7, 11) is 0. The van der Waals surface area contributed by atoms with E-state index in [0.717, 1.165) is 11.1 Å². The minimum atomic E-state index is -0.260. The smallest absolute Gasteiger partial charge is 0.0991 e. The maximum atomic E-state index is 8.73. The van der Waals surface area contributed by atoms with Gasteiger partial charge in [-0.1, -0.05) is 30.3 Å². The van der Waals surface area contributed by atoms with Gasteiger partial charge in [0.2, 0.25) is 0 Å². The maximum Gasteiger partial charge on any atom is 0.0991 e. The Hall–Kier alpha value is -2.31. The summed E-state index contributed by atoms with van der Waals surface area (Å²) >= 11 is 0. The highest BCUT2D eigenvalue weighted by Gasteiger charge is 2.11. The van der Waals surface area contributed by atoms with Crippen LogP contribution in [0.15, 0.2) is 48.5 Å². The van der Waals surface area contributed by atoms with Gasteiger partial charge in [-0.15, -0.1) is 0 Å². The molecule has 0 aliphatic carbocycles. The summed E-state index contributed by atoms with van der Waals surface area (Å²) in [4.78, 5) is 0. The van der Waals surface area contributed by atoms with Crippen LogP contribution < -0.4 is 11.5 Å². The van der Waals surface area contributed by atoms with Gasteiger partial charge in [-0.3, -0.25) is 0 Å². The van der Waals surface area contributed by atoms with Gasteiger partial charge in [0, 0.05) is 5.69 Å². The van der Waals surface area contributed by atoms with Gasteiger partial charge in [-0.05, 0) is 29.3 Å². The number of nitrogen functional groups attached to an aromatic ring is 1. The summed E-state index contributed by atoms with van der Waals surface area (Å²) in [5.74, 6) is 0. The largest absolute Gasteiger partial charge is 0.398 e. The molecule has 0 amide bonds. The first-order valence-electron chi connectivity index (χ1n) is 5.32. The lowest BCUT2D eigenvalue weighted by atomic mass is 9.97. The number of benzene rings is 2. The number of nitrogens with two attached hydrogens (primary N) is 2. The van der Waals surface area contributed by atoms with Gasteiger partial charge < -0.3 is 11.5 Å². The molecule has 0 aliphatic heterocycles. The van der Waals surface area contributed by atoms with E-state index in [1.165, 1.54) is 0 Å². The third-order valence-electron chi connectivity index (χ3n) is 2.73. The fourth-order valence-corrected chi connectivity index (χ4v) is 1.74. The Morgan fingerprint density at radius 3 is 2.24 bits per heavy atom. The Balaban J connectivity index is 2.34. The van der Waals surface area contributed by atoms with E-state index in [-0.39, 0.29) is 6.04 Å². The molecule has 17 heavy (non-hydrogen) atoms. The van der Waals surface area contributed by atoms with Crippen LogP contribution in [0.5, 0.6) is 0 Å². The van der Waals surface area contributed by atoms with Crippen LogP contribution >= 0.6 is 0 Å². The highest BCUT2D eigenvalue weighted by Crippen LogP contribution is 2.24. The van der Waals surface area contributed by atoms with Gasteiger partial charge in [-0.25, -0.2) is 0 Å². The monoisotopic (exact) mass is 223 g/mol. The number of nitriles is 1. The number of anilines is 1. The summed E-state index contributed by atoms with van der Waals surface area (Å²) in [6, 6.07) is 16.6. The summed E-state index contributed by atoms with van der Waals surface area (Å²) in [6.45, 7) is 0. The first kappa shape index (κ1) is 11.2. The lowest BCUT2D eigenvalue weighted by Crippen LogP contribution is -2.13. The Bertz CT molecular complexity index is 552. The molecule has 0 bridgehead atoms. The van der Waals surface area contributed by atoms with Crippen molar-refractivity contribution in [1.82, 2.24) is 0 Å². The van der Waals surface area contributed by atoms with E-state index in [4.69, 9.17) is 16.7 Å². The highest BCUT2D eigenvalue weighted by molar-refractivity contribution is 5.51. The average molecular weight is 223 g/mol. The summed E-state index contributed by atoms with van der Waals surface area (Å²) in [5, 5.41) is 8.73. The van der Waals surface area contributed by atoms with E-state index < -0.39 is 0 Å². The second-order valence-corrected chi connectivity index (χ2v) is 3.84. The van der Waals surface area contributed by atoms with E-state index in [1.807, 2.05) is 36.4 Å². The van der Waals surface area contributed by atoms with E-state index >= 15 is 0 Å². The van der Waals surface area contributed by atoms with Crippen LogP contribution in [0.2, 0.25) is 0 Å². The van der Waals surface area contributed by atoms with Crippen molar-refractivity contribution in [2.24, 2.45) is 5.73 Å². The topological polar surface area (TPSA) is 75.8 Å². The van der Waals surface area contributed by atoms with Gasteiger partial charge in [0.15, 0.2) is 0 Å². The molecule has 2 aromatic rings. The number of hydrogen-bond donors (Lipinski definition) is 2. The molecule has 4 N–H and O–H groups in total. The number of rotatable bonds is 2. The van der Waals surface area contributed by atoms with Crippen LogP contribution in [0, 0.1) is 11.3 Å². The second-order valence-electron chi connectivity index (χ2n) is 3.84. The summed E-state index contributed by atoms with van der Waals surface area (Å²) < 4.78 is 0. The van der Waals surface area contributed by atoms with Crippen molar-refractivity contribution in [3.8, 4) is 6.07 Å². The second kappa shape index (κ2) is 4.69. The molecule has 0 saturated carbocycles. The molecule has 0 aliphatic rings. The van der Waals surface area contributed by atoms with Crippen molar-refractivity contribution >= 4 is 5.69 Å². The summed E-state index contributed by atoms with van der Waals surface area (Å²) in [5.41, 5.74) is 15.2. The molecule has 0 saturated heterocycles. The maximum absolute atomic E-state index is 8.73. The van der Waals surface area contributed by atoms with Gasteiger partial charge in [0.1, 0.15) is 0 Å². The molecule has 0 spiro atoms. The normalized spacial score (nSPS) is 11.8. The van der Waals surface area contributed by atoms with Crippen molar-refractivity contribution in [2.45, 2.75) is 6.04 Å². The third kappa shape index (κ3) is 2.27.